The number of anilines is 1. The minimum atomic E-state index is -2.11. The van der Waals surface area contributed by atoms with Crippen molar-refractivity contribution in [2.24, 2.45) is 0 Å². The molecule has 0 aliphatic rings. The maximum Gasteiger partial charge on any atom is 0.357 e. The minimum Gasteiger partial charge on any atom is -0.476 e. The molecule has 5 aromatic rings. The lowest BCUT2D eigenvalue weighted by atomic mass is 9.91. The summed E-state index contributed by atoms with van der Waals surface area (Å²) in [6, 6.07) is 17.0. The highest BCUT2D eigenvalue weighted by atomic mass is 16.4. The highest BCUT2D eigenvalue weighted by molar-refractivity contribution is 6.05. The molecule has 0 radical (unpaired) electrons. The fourth-order valence-electron chi connectivity index (χ4n) is 3.88. The number of fused-ring (bicyclic) bond motifs is 1. The van der Waals surface area contributed by atoms with Gasteiger partial charge in [0.2, 0.25) is 5.60 Å². The highest BCUT2D eigenvalue weighted by Gasteiger charge is 2.42. The van der Waals surface area contributed by atoms with Gasteiger partial charge in [0.05, 0.1) is 17.4 Å². The normalized spacial score (nSPS) is 12.7. The third kappa shape index (κ3) is 3.87. The fraction of sp³-hybridized carbons (Fsp3) is 0.0400. The number of pyridine rings is 1. The van der Waals surface area contributed by atoms with Gasteiger partial charge in [-0.1, -0.05) is 48.5 Å². The molecule has 0 saturated carbocycles. The van der Waals surface area contributed by atoms with Gasteiger partial charge in [0.25, 0.3) is 5.91 Å². The van der Waals surface area contributed by atoms with Gasteiger partial charge in [0, 0.05) is 40.7 Å². The molecule has 0 fully saturated rings. The van der Waals surface area contributed by atoms with E-state index in [1.807, 2.05) is 0 Å². The molecule has 3 heterocycles. The molecular formula is C25H18N6O4. The van der Waals surface area contributed by atoms with Crippen LogP contribution >= 0.6 is 0 Å². The lowest BCUT2D eigenvalue weighted by Gasteiger charge is -2.25. The number of nitrogens with zero attached hydrogens (tertiary/aromatic N) is 4. The summed E-state index contributed by atoms with van der Waals surface area (Å²) in [6.07, 6.45) is 5.81. The number of carboxylic acid groups (broad SMARTS) is 1. The number of imidazole rings is 1. The number of rotatable bonds is 6. The van der Waals surface area contributed by atoms with E-state index in [-0.39, 0.29) is 17.2 Å². The van der Waals surface area contributed by atoms with Gasteiger partial charge < -0.3 is 20.5 Å². The minimum absolute atomic E-state index is 0.0443. The van der Waals surface area contributed by atoms with Gasteiger partial charge in [-0.3, -0.25) is 9.78 Å². The second-order valence-electron chi connectivity index (χ2n) is 7.68. The fourth-order valence-corrected chi connectivity index (χ4v) is 3.88. The molecular weight excluding hydrogens is 448 g/mol. The van der Waals surface area contributed by atoms with Gasteiger partial charge in [-0.05, 0) is 12.1 Å². The van der Waals surface area contributed by atoms with Gasteiger partial charge >= 0.3 is 5.97 Å². The number of hydrogen-bond donors (Lipinski definition) is 4. The summed E-state index contributed by atoms with van der Waals surface area (Å²) < 4.78 is 0. The number of carbonyl (C=O) groups excluding carboxylic acids is 1. The van der Waals surface area contributed by atoms with Crippen LogP contribution < -0.4 is 5.32 Å². The lowest BCUT2D eigenvalue weighted by molar-refractivity contribution is -0.131. The van der Waals surface area contributed by atoms with Crippen LogP contribution in [-0.4, -0.2) is 47.2 Å². The van der Waals surface area contributed by atoms with E-state index in [1.54, 1.807) is 60.7 Å². The number of aliphatic hydroxyl groups is 1. The number of aromatic amines is 1. The molecule has 35 heavy (non-hydrogen) atoms. The molecule has 172 valence electrons. The Balaban J connectivity index is 1.57. The summed E-state index contributed by atoms with van der Waals surface area (Å²) in [5.74, 6) is -1.97. The van der Waals surface area contributed by atoms with Crippen LogP contribution in [0, 0.1) is 0 Å². The lowest BCUT2D eigenvalue weighted by Crippen LogP contribution is -2.42. The smallest absolute Gasteiger partial charge is 0.357 e. The van der Waals surface area contributed by atoms with Crippen LogP contribution in [0.25, 0.3) is 22.0 Å². The Kier molecular flexibility index (Phi) is 5.47. The molecule has 4 N–H and O–H groups in total. The van der Waals surface area contributed by atoms with Crippen LogP contribution in [0.15, 0.2) is 85.5 Å². The molecule has 10 nitrogen and oxygen atoms in total. The average molecular weight is 466 g/mol. The summed E-state index contributed by atoms with van der Waals surface area (Å²) in [5.41, 5.74) is -0.565. The van der Waals surface area contributed by atoms with Crippen molar-refractivity contribution in [1.29, 1.82) is 0 Å². The first-order valence-electron chi connectivity index (χ1n) is 10.5. The van der Waals surface area contributed by atoms with Crippen molar-refractivity contribution in [2.75, 3.05) is 5.32 Å². The van der Waals surface area contributed by atoms with Crippen LogP contribution in [-0.2, 0) is 10.4 Å². The van der Waals surface area contributed by atoms with Crippen LogP contribution in [0.5, 0.6) is 0 Å². The Morgan fingerprint density at radius 1 is 0.971 bits per heavy atom. The molecule has 0 aliphatic heterocycles. The number of aromatic carboxylic acids is 1. The number of amides is 1. The van der Waals surface area contributed by atoms with E-state index >= 15 is 0 Å². The maximum atomic E-state index is 13.4. The molecule has 5 rings (SSSR count). The molecule has 2 aromatic carbocycles. The molecule has 0 bridgehead atoms. The number of H-pyrrole nitrogens is 1. The van der Waals surface area contributed by atoms with Crippen molar-refractivity contribution >= 4 is 28.5 Å². The Morgan fingerprint density at radius 3 is 2.49 bits per heavy atom. The Bertz CT molecular complexity index is 1540. The predicted molar refractivity (Wildman–Crippen MR) is 126 cm³/mol. The third-order valence-electron chi connectivity index (χ3n) is 5.52. The van der Waals surface area contributed by atoms with Crippen LogP contribution in [0.4, 0.5) is 5.69 Å². The van der Waals surface area contributed by atoms with E-state index in [1.165, 1.54) is 24.8 Å². The molecule has 1 amide bonds. The molecule has 3 aromatic heterocycles. The first-order valence-corrected chi connectivity index (χ1v) is 10.5. The van der Waals surface area contributed by atoms with Gasteiger partial charge in [0.1, 0.15) is 0 Å². The molecule has 0 unspecified atom stereocenters. The van der Waals surface area contributed by atoms with E-state index < -0.39 is 17.5 Å². The van der Waals surface area contributed by atoms with Gasteiger partial charge in [-0.15, -0.1) is 10.2 Å². The van der Waals surface area contributed by atoms with Gasteiger partial charge in [-0.25, -0.2) is 9.78 Å². The van der Waals surface area contributed by atoms with Crippen molar-refractivity contribution in [1.82, 2.24) is 25.1 Å². The summed E-state index contributed by atoms with van der Waals surface area (Å²) >= 11 is 0. The van der Waals surface area contributed by atoms with Crippen molar-refractivity contribution in [3.8, 4) is 11.1 Å². The first kappa shape index (κ1) is 21.9. The average Bonchev–Trinajstić information content (AvgIpc) is 3.43. The number of benzene rings is 2. The molecule has 0 spiro atoms. The highest BCUT2D eigenvalue weighted by Crippen LogP contribution is 2.32. The van der Waals surface area contributed by atoms with E-state index in [2.05, 4.69) is 30.5 Å². The van der Waals surface area contributed by atoms with Crippen molar-refractivity contribution in [3.05, 3.63) is 103 Å². The standard InChI is InChI=1S/C25H18N6O4/c32-22(33)21-20(18-8-4-5-9-19(18)30-31-21)15-12-17(14-26-13-15)29-24(34)25(35,23-27-10-11-28-23)16-6-2-1-3-7-16/h1-14,35H,(H,27,28)(H,29,34)(H,32,33)/t25-/m0/s1. The maximum absolute atomic E-state index is 13.4. The zero-order chi connectivity index (χ0) is 24.4. The summed E-state index contributed by atoms with van der Waals surface area (Å²) in [4.78, 5) is 36.4. The topological polar surface area (TPSA) is 154 Å². The predicted octanol–water partition coefficient (Wildman–Crippen LogP) is 2.99. The van der Waals surface area contributed by atoms with Crippen molar-refractivity contribution in [2.45, 2.75) is 5.60 Å². The first-order chi connectivity index (χ1) is 17.0. The quantitative estimate of drug-likeness (QED) is 0.298. The summed E-state index contributed by atoms with van der Waals surface area (Å²) in [6.45, 7) is 0. The largest absolute Gasteiger partial charge is 0.476 e. The van der Waals surface area contributed by atoms with Crippen LogP contribution in [0.3, 0.4) is 0 Å². The van der Waals surface area contributed by atoms with E-state index in [0.717, 1.165) is 0 Å². The zero-order valence-electron chi connectivity index (χ0n) is 18.1. The number of nitrogens with one attached hydrogen (secondary N) is 2. The Morgan fingerprint density at radius 2 is 1.74 bits per heavy atom. The number of aromatic nitrogens is 5. The SMILES string of the molecule is O=C(O)c1nnc2ccccc2c1-c1cncc(NC(=O)[C@](O)(c2ccccc2)c2ncc[nH]2)c1. The second kappa shape index (κ2) is 8.76. The third-order valence-corrected chi connectivity index (χ3v) is 5.52. The van der Waals surface area contributed by atoms with Crippen LogP contribution in [0.2, 0.25) is 0 Å². The van der Waals surface area contributed by atoms with E-state index in [0.29, 0.717) is 27.6 Å². The molecule has 0 saturated heterocycles. The Hall–Kier alpha value is -4.96. The number of carboxylic acids is 1. The molecule has 10 heteroatoms. The summed E-state index contributed by atoms with van der Waals surface area (Å²) in [5, 5.41) is 32.3. The van der Waals surface area contributed by atoms with Crippen molar-refractivity contribution < 1.29 is 19.8 Å². The molecule has 1 atom stereocenters. The van der Waals surface area contributed by atoms with Crippen LogP contribution in [0.1, 0.15) is 21.9 Å². The zero-order valence-corrected chi connectivity index (χ0v) is 18.1. The van der Waals surface area contributed by atoms with Gasteiger partial charge in [-0.2, -0.15) is 0 Å². The van der Waals surface area contributed by atoms with E-state index in [9.17, 15) is 19.8 Å². The van der Waals surface area contributed by atoms with E-state index in [4.69, 9.17) is 0 Å². The number of carbonyl (C=O) groups is 2. The molecule has 0 aliphatic carbocycles. The monoisotopic (exact) mass is 466 g/mol. The number of hydrogen-bond acceptors (Lipinski definition) is 7. The Labute approximate surface area is 198 Å². The second-order valence-corrected chi connectivity index (χ2v) is 7.68. The van der Waals surface area contributed by atoms with Gasteiger partial charge in [0.15, 0.2) is 11.5 Å². The van der Waals surface area contributed by atoms with Crippen molar-refractivity contribution in [3.63, 3.8) is 0 Å². The summed E-state index contributed by atoms with van der Waals surface area (Å²) in [7, 11) is 0.